The molecule has 17 rings (SSSR count). The summed E-state index contributed by atoms with van der Waals surface area (Å²) in [5, 5.41) is 83.7. The third kappa shape index (κ3) is 37.0. The van der Waals surface area contributed by atoms with Crippen LogP contribution in [0.5, 0.6) is 0 Å². The Labute approximate surface area is 843 Å². The molecule has 135 heavy (non-hydrogen) atoms. The van der Waals surface area contributed by atoms with E-state index in [-0.39, 0.29) is 102 Å². The first-order chi connectivity index (χ1) is 65.0. The van der Waals surface area contributed by atoms with E-state index in [2.05, 4.69) is 410 Å². The molecule has 0 aliphatic heterocycles. The van der Waals surface area contributed by atoms with E-state index >= 15 is 0 Å². The SMILES string of the molecule is CC(CO)Cc1nnc(-c2cccc(Cl)c2Cl)c(N)n1.CC(CO)Cc1nnc(Cl)c(N)n1.CC(N)CO.Nc1nc(Cl)nnc1Cl.OB(O)c1cccc(Cl)c1Cl.[Pd].c1ccc(P(c2ccccc2)c2ccccc2)cc1.c1ccc(P(c2ccccc2)c2ccccc2)cc1.c1ccc(P(c2ccccc2)c2ccccc2)cc1.c1ccc(P(c2ccccc2)c2ccccc2)cc1. The van der Waals surface area contributed by atoms with Crippen LogP contribution in [0, 0.1) is 11.8 Å². The van der Waals surface area contributed by atoms with Gasteiger partial charge in [-0.2, -0.15) is 4.98 Å². The van der Waals surface area contributed by atoms with E-state index in [0.29, 0.717) is 50.8 Å². The van der Waals surface area contributed by atoms with E-state index in [9.17, 15) is 0 Å². The average Bonchev–Trinajstić information content (AvgIpc) is 0.826. The van der Waals surface area contributed by atoms with Gasteiger partial charge in [-0.25, -0.2) is 9.97 Å². The summed E-state index contributed by atoms with van der Waals surface area (Å²) < 4.78 is 0. The summed E-state index contributed by atoms with van der Waals surface area (Å²) in [6.07, 6.45) is 1.06. The molecule has 0 amide bonds. The Hall–Kier alpha value is -10.3. The third-order valence-electron chi connectivity index (χ3n) is 18.7. The number of aromatic nitrogens is 9. The van der Waals surface area contributed by atoms with Crippen LogP contribution in [-0.4, -0.2) is 104 Å². The van der Waals surface area contributed by atoms with Crippen LogP contribution in [0.1, 0.15) is 32.4 Å². The molecule has 0 spiro atoms. The van der Waals surface area contributed by atoms with Crippen molar-refractivity contribution in [3.8, 4) is 11.3 Å². The van der Waals surface area contributed by atoms with Gasteiger partial charge >= 0.3 is 7.12 Å². The molecular weight excluding hydrogens is 2000 g/mol. The van der Waals surface area contributed by atoms with Gasteiger partial charge in [0.05, 0.1) is 26.7 Å². The van der Waals surface area contributed by atoms with Crippen molar-refractivity contribution in [2.24, 2.45) is 17.6 Å². The second kappa shape index (κ2) is 61.1. The van der Waals surface area contributed by atoms with Crippen LogP contribution < -0.4 is 92.1 Å². The maximum Gasteiger partial charge on any atom is 0.490 e. The molecule has 0 fully saturated rings. The molecule has 3 aromatic heterocycles. The van der Waals surface area contributed by atoms with Crippen LogP contribution >= 0.6 is 113 Å². The van der Waals surface area contributed by atoms with Gasteiger partial charge in [-0.3, -0.25) is 0 Å². The fourth-order valence-electron chi connectivity index (χ4n) is 12.3. The minimum atomic E-state index is -1.57. The molecule has 13 N–H and O–H groups in total. The van der Waals surface area contributed by atoms with Crippen LogP contribution in [-0.2, 0) is 33.3 Å². The third-order valence-corrected chi connectivity index (χ3v) is 30.9. The minimum Gasteiger partial charge on any atom is -0.423 e. The van der Waals surface area contributed by atoms with Crippen molar-refractivity contribution in [2.45, 2.75) is 39.7 Å². The maximum atomic E-state index is 9.03. The monoisotopic (exact) mass is 2100 g/mol. The Morgan fingerprint density at radius 1 is 0.281 bits per heavy atom. The van der Waals surface area contributed by atoms with E-state index in [0.717, 1.165) is 0 Å². The zero-order valence-electron chi connectivity index (χ0n) is 73.8. The molecular formula is C104H101BCl7N13O5P4Pd. The number of hydrogen-bond acceptors (Lipinski definition) is 18. The molecule has 18 nitrogen and oxygen atoms in total. The van der Waals surface area contributed by atoms with Crippen LogP contribution in [0.2, 0.25) is 35.7 Å². The molecule has 0 saturated heterocycles. The summed E-state index contributed by atoms with van der Waals surface area (Å²) in [7, 11) is -3.35. The normalized spacial score (nSPS) is 11.0. The molecule has 17 aromatic rings. The standard InChI is InChI=1S/4C18H15P.C13H14Cl2N4O.C7H11ClN4O.C6H5BCl2O2.C3H2Cl2N4.C3H9NO.Pd/c4*1-4-10-16(11-5-1)19(17-12-6-2-7-13-17)18-14-8-3-9-15-18;1-7(6-20)5-10-17-13(16)12(19-18-10)8-3-2-4-9(14)11(8)15;1-4(3-13)2-5-10-7(9)6(8)12-11-5;8-5-3-1-2-4(6(5)9)7(10)11;4-1-2(6)7-3(5)9-8-1;1-3(4)2-5;/h4*1-15H;2-4,7,20H,5-6H2,1H3,(H2,16,17,18);4,13H,2-3H2,1H3,(H2,9,10,11);1-3,10-11H;(H2,6,7,9);3,5H,2,4H2,1H3;. The van der Waals surface area contributed by atoms with E-state index in [1.54, 1.807) is 37.3 Å². The second-order valence-corrected chi connectivity index (χ2v) is 40.8. The van der Waals surface area contributed by atoms with Crippen molar-refractivity contribution in [2.75, 3.05) is 37.0 Å². The molecule has 0 bridgehead atoms. The topological polar surface area (TPSA) is 321 Å². The Morgan fingerprint density at radius 2 is 0.511 bits per heavy atom. The number of rotatable bonds is 21. The van der Waals surface area contributed by atoms with Gasteiger partial charge in [0.2, 0.25) is 5.28 Å². The predicted molar refractivity (Wildman–Crippen MR) is 571 cm³/mol. The van der Waals surface area contributed by atoms with Gasteiger partial charge in [-0.1, -0.05) is 472 Å². The first kappa shape index (κ1) is 110. The Kier molecular flexibility index (Phi) is 49.8. The van der Waals surface area contributed by atoms with Crippen molar-refractivity contribution in [1.82, 2.24) is 45.5 Å². The smallest absolute Gasteiger partial charge is 0.423 e. The Morgan fingerprint density at radius 3 is 0.726 bits per heavy atom. The summed E-state index contributed by atoms with van der Waals surface area (Å²) >= 11 is 39.5. The van der Waals surface area contributed by atoms with Crippen LogP contribution in [0.4, 0.5) is 17.5 Å². The zero-order chi connectivity index (χ0) is 95.8. The quantitative estimate of drug-likeness (QED) is 0.0238. The Balaban J connectivity index is 0.000000190. The molecule has 0 aliphatic rings. The molecule has 14 aromatic carbocycles. The molecule has 0 radical (unpaired) electrons. The molecule has 0 aliphatic carbocycles. The molecule has 3 atom stereocenters. The van der Waals surface area contributed by atoms with Gasteiger partial charge in [0.25, 0.3) is 0 Å². The molecule has 3 unspecified atom stereocenters. The van der Waals surface area contributed by atoms with E-state index in [4.69, 9.17) is 130 Å². The van der Waals surface area contributed by atoms with Gasteiger partial charge in [0.15, 0.2) is 39.4 Å². The number of hydrogen-bond donors (Lipinski definition) is 9. The molecule has 3 heterocycles. The fraction of sp³-hybridized carbons (Fsp3) is 0.106. The van der Waals surface area contributed by atoms with Gasteiger partial charge in [0.1, 0.15) is 5.69 Å². The van der Waals surface area contributed by atoms with Crippen LogP contribution in [0.25, 0.3) is 11.3 Å². The van der Waals surface area contributed by atoms with E-state index in [1.807, 2.05) is 13.8 Å². The fourth-order valence-corrected chi connectivity index (χ4v) is 22.6. The number of nitrogen functional groups attached to an aromatic ring is 3. The van der Waals surface area contributed by atoms with Crippen LogP contribution in [0.3, 0.4) is 0 Å². The van der Waals surface area contributed by atoms with Crippen molar-refractivity contribution in [3.05, 3.63) is 448 Å². The van der Waals surface area contributed by atoms with E-state index < -0.39 is 38.8 Å². The first-order valence-electron chi connectivity index (χ1n) is 42.1. The van der Waals surface area contributed by atoms with Gasteiger partial charge in [-0.15, -0.1) is 30.6 Å². The summed E-state index contributed by atoms with van der Waals surface area (Å²) in [6, 6.07) is 139. The summed E-state index contributed by atoms with van der Waals surface area (Å²) in [5.41, 5.74) is 22.8. The number of aliphatic hydroxyl groups is 3. The largest absolute Gasteiger partial charge is 0.490 e. The average molecular weight is 2100 g/mol. The molecule has 31 heteroatoms. The van der Waals surface area contributed by atoms with Gasteiger partial charge < -0.3 is 48.3 Å². The van der Waals surface area contributed by atoms with Crippen molar-refractivity contribution >= 4 is 207 Å². The summed E-state index contributed by atoms with van der Waals surface area (Å²) in [4.78, 5) is 11.6. The van der Waals surface area contributed by atoms with E-state index in [1.165, 1.54) is 69.7 Å². The van der Waals surface area contributed by atoms with Gasteiger partial charge in [-0.05, 0) is 138 Å². The summed E-state index contributed by atoms with van der Waals surface area (Å²) in [5.74, 6) is 1.66. The summed E-state index contributed by atoms with van der Waals surface area (Å²) in [6.45, 7) is 5.76. The number of nitrogens with zero attached hydrogens (tertiary/aromatic N) is 9. The van der Waals surface area contributed by atoms with Crippen LogP contribution in [0.15, 0.2) is 400 Å². The van der Waals surface area contributed by atoms with Gasteiger partial charge in [0, 0.05) is 63.5 Å². The molecule has 694 valence electrons. The first-order valence-corrected chi connectivity index (χ1v) is 50.2. The molecule has 0 saturated carbocycles. The van der Waals surface area contributed by atoms with Crippen molar-refractivity contribution in [3.63, 3.8) is 0 Å². The number of aliphatic hydroxyl groups excluding tert-OH is 3. The number of benzene rings is 14. The Bertz CT molecular complexity index is 5350. The zero-order valence-corrected chi connectivity index (χ0v) is 84.2. The number of anilines is 3. The minimum absolute atomic E-state index is 0. The van der Waals surface area contributed by atoms with Crippen molar-refractivity contribution < 1.29 is 45.8 Å². The number of halogens is 7. The van der Waals surface area contributed by atoms with Crippen molar-refractivity contribution in [1.29, 1.82) is 0 Å². The predicted octanol–water partition coefficient (Wildman–Crippen LogP) is 17.4. The maximum absolute atomic E-state index is 9.03. The number of nitrogens with two attached hydrogens (primary N) is 4. The second-order valence-electron chi connectivity index (χ2n) is 29.3.